The van der Waals surface area contributed by atoms with Crippen LogP contribution in [0, 0.1) is 23.7 Å². The van der Waals surface area contributed by atoms with Gasteiger partial charge in [-0.15, -0.1) is 0 Å². The van der Waals surface area contributed by atoms with Gasteiger partial charge < -0.3 is 4.90 Å². The molecule has 4 atom stereocenters. The molecule has 3 amide bonds. The fourth-order valence-electron chi connectivity index (χ4n) is 4.36. The highest BCUT2D eigenvalue weighted by atomic mass is 16.2. The van der Waals surface area contributed by atoms with Crippen LogP contribution in [0.4, 0.5) is 5.69 Å². The van der Waals surface area contributed by atoms with Crippen LogP contribution in [0.5, 0.6) is 0 Å². The highest BCUT2D eigenvalue weighted by Crippen LogP contribution is 2.52. The van der Waals surface area contributed by atoms with Gasteiger partial charge in [0.2, 0.25) is 17.7 Å². The van der Waals surface area contributed by atoms with Gasteiger partial charge in [0.05, 0.1) is 11.8 Å². The van der Waals surface area contributed by atoms with Crippen molar-refractivity contribution in [2.45, 2.75) is 12.8 Å². The average molecular weight is 324 g/mol. The molecule has 1 aromatic carbocycles. The SMILES string of the molecule is CN(C(=O)CCN1C(=O)[C@@H]2[C@H](C1=O)[C@H]1C=C[C@H]2C1)c1ccccc1. The van der Waals surface area contributed by atoms with E-state index in [4.69, 9.17) is 0 Å². The first kappa shape index (κ1) is 15.1. The van der Waals surface area contributed by atoms with E-state index in [0.717, 1.165) is 12.1 Å². The van der Waals surface area contributed by atoms with Crippen LogP contribution in [0.25, 0.3) is 0 Å². The Kier molecular flexibility index (Phi) is 3.52. The molecule has 1 aromatic rings. The number of fused-ring (bicyclic) bond motifs is 5. The number of para-hydroxylation sites is 1. The molecule has 4 rings (SSSR count). The van der Waals surface area contributed by atoms with Gasteiger partial charge in [0.25, 0.3) is 0 Å². The summed E-state index contributed by atoms with van der Waals surface area (Å²) in [5.41, 5.74) is 0.806. The van der Waals surface area contributed by atoms with Crippen molar-refractivity contribution < 1.29 is 14.4 Å². The van der Waals surface area contributed by atoms with Crippen LogP contribution >= 0.6 is 0 Å². The third kappa shape index (κ3) is 2.19. The minimum atomic E-state index is -0.186. The largest absolute Gasteiger partial charge is 0.315 e. The Morgan fingerprint density at radius 3 is 2.25 bits per heavy atom. The molecule has 1 saturated heterocycles. The van der Waals surface area contributed by atoms with Crippen molar-refractivity contribution in [3.05, 3.63) is 42.5 Å². The smallest absolute Gasteiger partial charge is 0.233 e. The zero-order valence-electron chi connectivity index (χ0n) is 13.6. The first-order valence-corrected chi connectivity index (χ1v) is 8.43. The Morgan fingerprint density at radius 2 is 1.67 bits per heavy atom. The standard InChI is InChI=1S/C19H20N2O3/c1-20(14-5-3-2-4-6-14)15(22)9-10-21-18(23)16-12-7-8-13(11-12)17(16)19(21)24/h2-8,12-13,16-17H,9-11H2,1H3/t12-,13-,16-,17+/m0/s1. The summed E-state index contributed by atoms with van der Waals surface area (Å²) in [5, 5.41) is 0. The van der Waals surface area contributed by atoms with Crippen molar-refractivity contribution in [1.82, 2.24) is 4.90 Å². The molecule has 1 aliphatic heterocycles. The summed E-state index contributed by atoms with van der Waals surface area (Å²) in [6.07, 6.45) is 5.24. The van der Waals surface area contributed by atoms with Crippen molar-refractivity contribution in [1.29, 1.82) is 0 Å². The first-order valence-electron chi connectivity index (χ1n) is 8.43. The second kappa shape index (κ2) is 5.58. The zero-order valence-corrected chi connectivity index (χ0v) is 13.6. The monoisotopic (exact) mass is 324 g/mol. The molecule has 0 unspecified atom stereocenters. The number of carbonyl (C=O) groups excluding carboxylic acids is 3. The van der Waals surface area contributed by atoms with Crippen LogP contribution in [0.3, 0.4) is 0 Å². The molecular weight excluding hydrogens is 304 g/mol. The topological polar surface area (TPSA) is 57.7 Å². The highest BCUT2D eigenvalue weighted by Gasteiger charge is 2.59. The molecule has 5 heteroatoms. The number of rotatable bonds is 4. The molecule has 1 saturated carbocycles. The Bertz CT molecular complexity index is 697. The Morgan fingerprint density at radius 1 is 1.08 bits per heavy atom. The second-order valence-electron chi connectivity index (χ2n) is 6.87. The van der Waals surface area contributed by atoms with E-state index < -0.39 is 0 Å². The molecule has 5 nitrogen and oxygen atoms in total. The molecule has 0 spiro atoms. The maximum atomic E-state index is 12.6. The van der Waals surface area contributed by atoms with Crippen LogP contribution < -0.4 is 4.90 Å². The number of nitrogens with zero attached hydrogens (tertiary/aromatic N) is 2. The van der Waals surface area contributed by atoms with Crippen LogP contribution in [0.15, 0.2) is 42.5 Å². The summed E-state index contributed by atoms with van der Waals surface area (Å²) < 4.78 is 0. The molecule has 2 bridgehead atoms. The summed E-state index contributed by atoms with van der Waals surface area (Å²) in [4.78, 5) is 40.4. The van der Waals surface area contributed by atoms with Crippen molar-refractivity contribution in [2.24, 2.45) is 23.7 Å². The lowest BCUT2D eigenvalue weighted by atomic mass is 9.85. The van der Waals surface area contributed by atoms with Gasteiger partial charge in [-0.25, -0.2) is 0 Å². The van der Waals surface area contributed by atoms with E-state index in [-0.39, 0.29) is 54.4 Å². The van der Waals surface area contributed by atoms with E-state index in [2.05, 4.69) is 12.2 Å². The first-order chi connectivity index (χ1) is 11.6. The van der Waals surface area contributed by atoms with E-state index >= 15 is 0 Å². The van der Waals surface area contributed by atoms with Crippen molar-refractivity contribution in [3.63, 3.8) is 0 Å². The summed E-state index contributed by atoms with van der Waals surface area (Å²) in [6, 6.07) is 9.35. The molecule has 0 radical (unpaired) electrons. The van der Waals surface area contributed by atoms with Gasteiger partial charge in [-0.05, 0) is 30.4 Å². The summed E-state index contributed by atoms with van der Waals surface area (Å²) in [6.45, 7) is 0.181. The molecule has 2 fully saturated rings. The van der Waals surface area contributed by atoms with E-state index in [1.165, 1.54) is 4.90 Å². The number of imide groups is 1. The minimum Gasteiger partial charge on any atom is -0.315 e. The number of amides is 3. The van der Waals surface area contributed by atoms with Crippen molar-refractivity contribution in [3.8, 4) is 0 Å². The van der Waals surface area contributed by atoms with Crippen LogP contribution in [-0.2, 0) is 14.4 Å². The fourth-order valence-corrected chi connectivity index (χ4v) is 4.36. The van der Waals surface area contributed by atoms with Crippen LogP contribution in [-0.4, -0.2) is 36.2 Å². The van der Waals surface area contributed by atoms with E-state index in [1.54, 1.807) is 11.9 Å². The minimum absolute atomic E-state index is 0.0861. The van der Waals surface area contributed by atoms with E-state index in [0.29, 0.717) is 0 Å². The van der Waals surface area contributed by atoms with Gasteiger partial charge in [0, 0.05) is 25.7 Å². The van der Waals surface area contributed by atoms with E-state index in [1.807, 2.05) is 30.3 Å². The molecular formula is C19H20N2O3. The summed E-state index contributed by atoms with van der Waals surface area (Å²) in [5.74, 6) is -0.216. The number of hydrogen-bond donors (Lipinski definition) is 0. The predicted octanol–water partition coefficient (Wildman–Crippen LogP) is 1.85. The molecule has 0 aromatic heterocycles. The lowest BCUT2D eigenvalue weighted by molar-refractivity contribution is -0.140. The lowest BCUT2D eigenvalue weighted by Gasteiger charge is -2.20. The second-order valence-corrected chi connectivity index (χ2v) is 6.87. The lowest BCUT2D eigenvalue weighted by Crippen LogP contribution is -2.37. The third-order valence-corrected chi connectivity index (χ3v) is 5.63. The van der Waals surface area contributed by atoms with E-state index in [9.17, 15) is 14.4 Å². The van der Waals surface area contributed by atoms with Crippen molar-refractivity contribution >= 4 is 23.4 Å². The Balaban J connectivity index is 1.41. The third-order valence-electron chi connectivity index (χ3n) is 5.63. The number of likely N-dealkylation sites (tertiary alicyclic amines) is 1. The van der Waals surface area contributed by atoms with Gasteiger partial charge in [0.15, 0.2) is 0 Å². The van der Waals surface area contributed by atoms with Gasteiger partial charge in [-0.1, -0.05) is 30.4 Å². The normalized spacial score (nSPS) is 30.1. The Hall–Kier alpha value is -2.43. The summed E-state index contributed by atoms with van der Waals surface area (Å²) in [7, 11) is 1.71. The maximum Gasteiger partial charge on any atom is 0.233 e. The molecule has 24 heavy (non-hydrogen) atoms. The summed E-state index contributed by atoms with van der Waals surface area (Å²) >= 11 is 0. The molecule has 0 N–H and O–H groups in total. The van der Waals surface area contributed by atoms with Crippen LogP contribution in [0.1, 0.15) is 12.8 Å². The van der Waals surface area contributed by atoms with Crippen molar-refractivity contribution in [2.75, 3.05) is 18.5 Å². The molecule has 124 valence electrons. The van der Waals surface area contributed by atoms with Gasteiger partial charge >= 0.3 is 0 Å². The number of allylic oxidation sites excluding steroid dienone is 2. The predicted molar refractivity (Wildman–Crippen MR) is 88.9 cm³/mol. The number of anilines is 1. The zero-order chi connectivity index (χ0) is 16.8. The van der Waals surface area contributed by atoms with Gasteiger partial charge in [0.1, 0.15) is 0 Å². The average Bonchev–Trinajstić information content (AvgIpc) is 3.28. The van der Waals surface area contributed by atoms with Gasteiger partial charge in [-0.2, -0.15) is 0 Å². The number of benzene rings is 1. The van der Waals surface area contributed by atoms with Gasteiger partial charge in [-0.3, -0.25) is 19.3 Å². The Labute approximate surface area is 140 Å². The highest BCUT2D eigenvalue weighted by molar-refractivity contribution is 6.06. The number of carbonyl (C=O) groups is 3. The van der Waals surface area contributed by atoms with Crippen LogP contribution in [0.2, 0.25) is 0 Å². The molecule has 2 aliphatic carbocycles. The fraction of sp³-hybridized carbons (Fsp3) is 0.421. The quantitative estimate of drug-likeness (QED) is 0.627. The maximum absolute atomic E-state index is 12.6. The number of hydrogen-bond acceptors (Lipinski definition) is 3. The molecule has 3 aliphatic rings. The molecule has 1 heterocycles.